The van der Waals surface area contributed by atoms with Crippen molar-refractivity contribution in [3.8, 4) is 5.75 Å². The number of piperidine rings is 1. The Morgan fingerprint density at radius 3 is 1.90 bits per heavy atom. The van der Waals surface area contributed by atoms with Crippen molar-refractivity contribution in [1.82, 2.24) is 9.80 Å². The second-order valence-corrected chi connectivity index (χ2v) is 11.3. The minimum Gasteiger partial charge on any atom is -0.493 e. The van der Waals surface area contributed by atoms with Crippen LogP contribution in [-0.4, -0.2) is 66.0 Å². The molecule has 8 heteroatoms. The molecule has 2 aromatic carbocycles. The van der Waals surface area contributed by atoms with E-state index in [2.05, 4.69) is 57.0 Å². The molecule has 1 fully saturated rings. The largest absolute Gasteiger partial charge is 0.493 e. The van der Waals surface area contributed by atoms with Crippen molar-refractivity contribution in [2.45, 2.75) is 80.1 Å². The molecular weight excluding hydrogens is 523 g/mol. The lowest BCUT2D eigenvalue weighted by Crippen LogP contribution is -2.35. The van der Waals surface area contributed by atoms with Gasteiger partial charge in [-0.2, -0.15) is 0 Å². The van der Waals surface area contributed by atoms with E-state index in [0.29, 0.717) is 38.1 Å². The maximum atomic E-state index is 13.0. The number of amides is 1. The maximum absolute atomic E-state index is 13.0. The van der Waals surface area contributed by atoms with Gasteiger partial charge in [-0.1, -0.05) is 69.7 Å². The summed E-state index contributed by atoms with van der Waals surface area (Å²) in [6.07, 6.45) is 1.92. The normalized spacial score (nSPS) is 13.8. The number of halogens is 1. The summed E-state index contributed by atoms with van der Waals surface area (Å²) < 4.78 is 23.5. The Bertz CT molecular complexity index is 1010. The molecule has 0 saturated carbocycles. The molecule has 2 aromatic rings. The molecule has 0 spiro atoms. The van der Waals surface area contributed by atoms with E-state index in [4.69, 9.17) is 14.6 Å². The summed E-state index contributed by atoms with van der Waals surface area (Å²) in [5.74, 6) is 0.373. The number of hydrogen-bond acceptors (Lipinski definition) is 5. The zero-order valence-corrected chi connectivity index (χ0v) is 26.3. The van der Waals surface area contributed by atoms with Crippen LogP contribution in [0, 0.1) is 18.8 Å². The van der Waals surface area contributed by atoms with Gasteiger partial charge in [-0.3, -0.25) is 4.90 Å². The van der Waals surface area contributed by atoms with Gasteiger partial charge in [0.05, 0.1) is 13.2 Å². The van der Waals surface area contributed by atoms with Crippen LogP contribution >= 0.6 is 0 Å². The molecule has 0 aromatic heterocycles. The number of benzene rings is 2. The highest BCUT2D eigenvalue weighted by Gasteiger charge is 2.25. The van der Waals surface area contributed by atoms with Crippen LogP contribution in [0.4, 0.5) is 9.18 Å². The molecule has 1 heterocycles. The van der Waals surface area contributed by atoms with Gasteiger partial charge >= 0.3 is 12.1 Å². The van der Waals surface area contributed by atoms with Gasteiger partial charge in [0.15, 0.2) is 0 Å². The topological polar surface area (TPSA) is 79.3 Å². The molecule has 41 heavy (non-hydrogen) atoms. The van der Waals surface area contributed by atoms with E-state index in [0.717, 1.165) is 56.7 Å². The van der Waals surface area contributed by atoms with Gasteiger partial charge in [-0.05, 0) is 88.8 Å². The molecule has 1 saturated heterocycles. The van der Waals surface area contributed by atoms with E-state index in [1.165, 1.54) is 5.56 Å². The highest BCUT2D eigenvalue weighted by atomic mass is 19.1. The number of nitrogens with zero attached hydrogens (tertiary/aromatic N) is 2. The first-order chi connectivity index (χ1) is 19.3. The fourth-order valence-corrected chi connectivity index (χ4v) is 3.78. The number of carboxylic acids is 1. The summed E-state index contributed by atoms with van der Waals surface area (Å²) >= 11 is 0. The van der Waals surface area contributed by atoms with E-state index in [1.54, 1.807) is 4.90 Å². The standard InChI is InChI=1S/C27H38N2O3.C4H7FO2.C2H6/c1-21(2)19-31-26-11-9-24(10-12-26)18-29(17-23-7-5-22(3)6-8-23)27(30)32-20-25-13-15-28(4)16-14-25;1-4(2,5)3(6)7;1-2/h5-12,21,25H,13-20H2,1-4H3;1-2H3,(H,6,7);1-2H3. The quantitative estimate of drug-likeness (QED) is 0.320. The third-order valence-corrected chi connectivity index (χ3v) is 6.42. The molecule has 230 valence electrons. The first-order valence-electron chi connectivity index (χ1n) is 14.6. The van der Waals surface area contributed by atoms with Crippen LogP contribution < -0.4 is 4.74 Å². The molecule has 0 atom stereocenters. The van der Waals surface area contributed by atoms with E-state index in [1.807, 2.05) is 38.1 Å². The second-order valence-electron chi connectivity index (χ2n) is 11.3. The Balaban J connectivity index is 0.000000816. The van der Waals surface area contributed by atoms with E-state index >= 15 is 0 Å². The fourth-order valence-electron chi connectivity index (χ4n) is 3.78. The van der Waals surface area contributed by atoms with Gasteiger partial charge in [0, 0.05) is 13.1 Å². The van der Waals surface area contributed by atoms with Crippen LogP contribution in [0.2, 0.25) is 0 Å². The van der Waals surface area contributed by atoms with Crippen molar-refractivity contribution in [2.24, 2.45) is 11.8 Å². The van der Waals surface area contributed by atoms with Crippen molar-refractivity contribution in [2.75, 3.05) is 33.4 Å². The molecule has 3 rings (SSSR count). The smallest absolute Gasteiger partial charge is 0.410 e. The van der Waals surface area contributed by atoms with Crippen molar-refractivity contribution in [3.05, 3.63) is 65.2 Å². The highest BCUT2D eigenvalue weighted by molar-refractivity contribution is 5.75. The van der Waals surface area contributed by atoms with Crippen LogP contribution in [0.3, 0.4) is 0 Å². The van der Waals surface area contributed by atoms with Crippen LogP contribution in [0.25, 0.3) is 0 Å². The number of hydrogen-bond donors (Lipinski definition) is 1. The van der Waals surface area contributed by atoms with Gasteiger partial charge in [0.1, 0.15) is 5.75 Å². The molecular formula is C33H51FN2O5. The number of rotatable bonds is 10. The third kappa shape index (κ3) is 14.9. The molecule has 0 aliphatic carbocycles. The average molecular weight is 575 g/mol. The molecule has 1 N–H and O–H groups in total. The molecule has 1 aliphatic rings. The zero-order chi connectivity index (χ0) is 31.0. The lowest BCUT2D eigenvalue weighted by Gasteiger charge is -2.29. The summed E-state index contributed by atoms with van der Waals surface area (Å²) in [6.45, 7) is 16.7. The van der Waals surface area contributed by atoms with Crippen molar-refractivity contribution >= 4 is 12.1 Å². The van der Waals surface area contributed by atoms with Gasteiger partial charge in [-0.25, -0.2) is 14.0 Å². The average Bonchev–Trinajstić information content (AvgIpc) is 2.94. The van der Waals surface area contributed by atoms with E-state index in [9.17, 15) is 14.0 Å². The summed E-state index contributed by atoms with van der Waals surface area (Å²) in [5, 5.41) is 7.88. The van der Waals surface area contributed by atoms with Crippen LogP contribution in [0.1, 0.15) is 71.1 Å². The lowest BCUT2D eigenvalue weighted by atomic mass is 9.98. The summed E-state index contributed by atoms with van der Waals surface area (Å²) in [5.41, 5.74) is 1.29. The summed E-state index contributed by atoms with van der Waals surface area (Å²) in [4.78, 5) is 26.8. The first kappa shape index (κ1) is 35.9. The van der Waals surface area contributed by atoms with Crippen LogP contribution in [0.5, 0.6) is 5.75 Å². The Morgan fingerprint density at radius 2 is 1.46 bits per heavy atom. The van der Waals surface area contributed by atoms with Crippen LogP contribution in [-0.2, 0) is 22.6 Å². The fraction of sp³-hybridized carbons (Fsp3) is 0.576. The number of carbonyl (C=O) groups is 2. The monoisotopic (exact) mass is 574 g/mol. The second kappa shape index (κ2) is 18.3. The molecule has 1 aliphatic heterocycles. The van der Waals surface area contributed by atoms with Crippen molar-refractivity contribution in [3.63, 3.8) is 0 Å². The SMILES string of the molecule is CC.CC(C)(F)C(=O)O.Cc1ccc(CN(Cc2ccc(OCC(C)C)cc2)C(=O)OCC2CCN(C)CC2)cc1. The Labute approximate surface area is 246 Å². The third-order valence-electron chi connectivity index (χ3n) is 6.42. The number of carboxylic acid groups (broad SMARTS) is 1. The molecule has 0 unspecified atom stereocenters. The lowest BCUT2D eigenvalue weighted by molar-refractivity contribution is -0.148. The van der Waals surface area contributed by atoms with E-state index in [-0.39, 0.29) is 6.09 Å². The molecule has 0 radical (unpaired) electrons. The Morgan fingerprint density at radius 1 is 1.00 bits per heavy atom. The zero-order valence-electron chi connectivity index (χ0n) is 26.3. The maximum Gasteiger partial charge on any atom is 0.410 e. The molecule has 0 bridgehead atoms. The number of aryl methyl sites for hydroxylation is 1. The van der Waals surface area contributed by atoms with Crippen molar-refractivity contribution < 1.29 is 28.6 Å². The number of ether oxygens (including phenoxy) is 2. The predicted octanol–water partition coefficient (Wildman–Crippen LogP) is 7.36. The van der Waals surface area contributed by atoms with E-state index < -0.39 is 11.6 Å². The minimum absolute atomic E-state index is 0.246. The Hall–Kier alpha value is -3.13. The van der Waals surface area contributed by atoms with Gasteiger partial charge in [0.25, 0.3) is 0 Å². The number of alkyl halides is 1. The molecule has 1 amide bonds. The minimum atomic E-state index is -2.08. The Kier molecular flexibility index (Phi) is 16.1. The van der Waals surface area contributed by atoms with Gasteiger partial charge in [-0.15, -0.1) is 0 Å². The first-order valence-corrected chi connectivity index (χ1v) is 14.6. The molecule has 7 nitrogen and oxygen atoms in total. The van der Waals surface area contributed by atoms with Gasteiger partial charge in [0.2, 0.25) is 5.67 Å². The predicted molar refractivity (Wildman–Crippen MR) is 163 cm³/mol. The number of likely N-dealkylation sites (tertiary alicyclic amines) is 1. The summed E-state index contributed by atoms with van der Waals surface area (Å²) in [6, 6.07) is 16.3. The number of aliphatic carboxylic acids is 1. The number of carbonyl (C=O) groups excluding carboxylic acids is 1. The summed E-state index contributed by atoms with van der Waals surface area (Å²) in [7, 11) is 2.14. The van der Waals surface area contributed by atoms with Crippen molar-refractivity contribution in [1.29, 1.82) is 0 Å². The highest BCUT2D eigenvalue weighted by Crippen LogP contribution is 2.19. The van der Waals surface area contributed by atoms with Gasteiger partial charge < -0.3 is 19.5 Å². The van der Waals surface area contributed by atoms with Crippen LogP contribution in [0.15, 0.2) is 48.5 Å².